The van der Waals surface area contributed by atoms with Crippen LogP contribution < -0.4 is 0 Å². The Bertz CT molecular complexity index is 349. The molecule has 1 atom stereocenters. The van der Waals surface area contributed by atoms with E-state index in [0.29, 0.717) is 24.6 Å². The molecule has 1 saturated heterocycles. The normalized spacial score (nSPS) is 23.2. The molecule has 2 fully saturated rings. The Labute approximate surface area is 116 Å². The van der Waals surface area contributed by atoms with Gasteiger partial charge in [0, 0.05) is 24.9 Å². The summed E-state index contributed by atoms with van der Waals surface area (Å²) in [6.45, 7) is 0.557. The molecule has 2 N–H and O–H groups in total. The van der Waals surface area contributed by atoms with Gasteiger partial charge in [-0.2, -0.15) is 0 Å². The van der Waals surface area contributed by atoms with Gasteiger partial charge in [-0.25, -0.2) is 9.59 Å². The molecule has 0 radical (unpaired) electrons. The first-order chi connectivity index (χ1) is 9.15. The molecule has 1 aliphatic heterocycles. The van der Waals surface area contributed by atoms with E-state index in [1.165, 1.54) is 16.7 Å². The first-order valence-corrected chi connectivity index (χ1v) is 7.79. The topological polar surface area (TPSA) is 81.1 Å². The number of hydrogen-bond donors (Lipinski definition) is 2. The summed E-state index contributed by atoms with van der Waals surface area (Å²) in [4.78, 5) is 26.8. The largest absolute Gasteiger partial charge is 0.480 e. The third-order valence-electron chi connectivity index (χ3n) is 3.73. The number of aliphatic hydroxyl groups excluding tert-OH is 1. The van der Waals surface area contributed by atoms with E-state index < -0.39 is 12.0 Å². The average Bonchev–Trinajstić information content (AvgIpc) is 2.80. The zero-order chi connectivity index (χ0) is 13.8. The molecular weight excluding hydrogens is 268 g/mol. The van der Waals surface area contributed by atoms with Crippen molar-refractivity contribution in [2.24, 2.45) is 0 Å². The molecule has 1 saturated carbocycles. The Balaban J connectivity index is 2.02. The number of aliphatic carboxylic acids is 1. The second-order valence-electron chi connectivity index (χ2n) is 4.96. The van der Waals surface area contributed by atoms with Crippen LogP contribution in [0.5, 0.6) is 0 Å². The van der Waals surface area contributed by atoms with Crippen molar-refractivity contribution in [1.82, 2.24) is 9.80 Å². The third-order valence-corrected chi connectivity index (χ3v) is 4.74. The smallest absolute Gasteiger partial charge is 0.327 e. The van der Waals surface area contributed by atoms with Crippen molar-refractivity contribution in [3.8, 4) is 0 Å². The highest BCUT2D eigenvalue weighted by Gasteiger charge is 2.39. The number of nitrogens with zero attached hydrogens (tertiary/aromatic N) is 2. The molecule has 2 rings (SSSR count). The molecule has 0 bridgehead atoms. The summed E-state index contributed by atoms with van der Waals surface area (Å²) in [5.41, 5.74) is 0. The van der Waals surface area contributed by atoms with E-state index in [1.54, 1.807) is 4.90 Å². The molecule has 2 aliphatic rings. The van der Waals surface area contributed by atoms with Crippen LogP contribution in [0.15, 0.2) is 0 Å². The molecule has 1 aliphatic carbocycles. The third kappa shape index (κ3) is 3.14. The van der Waals surface area contributed by atoms with E-state index in [0.717, 1.165) is 19.3 Å². The minimum Gasteiger partial charge on any atom is -0.480 e. The zero-order valence-corrected chi connectivity index (χ0v) is 11.6. The van der Waals surface area contributed by atoms with Gasteiger partial charge < -0.3 is 20.0 Å². The second-order valence-corrected chi connectivity index (χ2v) is 5.96. The summed E-state index contributed by atoms with van der Waals surface area (Å²) >= 11 is 1.47. The summed E-state index contributed by atoms with van der Waals surface area (Å²) < 4.78 is 0. The van der Waals surface area contributed by atoms with Gasteiger partial charge in [-0.15, -0.1) is 11.8 Å². The maximum atomic E-state index is 12.5. The van der Waals surface area contributed by atoms with Crippen LogP contribution in [0, 0.1) is 0 Å². The highest BCUT2D eigenvalue weighted by molar-refractivity contribution is 7.99. The number of hydrogen-bond acceptors (Lipinski definition) is 4. The first kappa shape index (κ1) is 14.5. The number of carbonyl (C=O) groups excluding carboxylic acids is 1. The van der Waals surface area contributed by atoms with Gasteiger partial charge >= 0.3 is 12.0 Å². The number of rotatable bonds is 5. The molecule has 0 spiro atoms. The van der Waals surface area contributed by atoms with Gasteiger partial charge in [0.05, 0.1) is 5.88 Å². The molecule has 6 nitrogen and oxygen atoms in total. The van der Waals surface area contributed by atoms with Crippen LogP contribution >= 0.6 is 11.8 Å². The summed E-state index contributed by atoms with van der Waals surface area (Å²) in [7, 11) is 0. The predicted molar refractivity (Wildman–Crippen MR) is 72.0 cm³/mol. The minimum absolute atomic E-state index is 0.0492. The number of thioether (sulfide) groups is 1. The number of urea groups is 1. The van der Waals surface area contributed by atoms with Gasteiger partial charge in [-0.05, 0) is 25.7 Å². The Morgan fingerprint density at radius 3 is 2.63 bits per heavy atom. The van der Waals surface area contributed by atoms with E-state index in [-0.39, 0.29) is 18.7 Å². The van der Waals surface area contributed by atoms with Gasteiger partial charge in [0.2, 0.25) is 0 Å². The van der Waals surface area contributed by atoms with Crippen LogP contribution in [0.2, 0.25) is 0 Å². The van der Waals surface area contributed by atoms with Crippen LogP contribution in [0.25, 0.3) is 0 Å². The molecule has 0 unspecified atom stereocenters. The Morgan fingerprint density at radius 1 is 1.37 bits per heavy atom. The van der Waals surface area contributed by atoms with Gasteiger partial charge in [0.15, 0.2) is 0 Å². The summed E-state index contributed by atoms with van der Waals surface area (Å²) in [5.74, 6) is -0.0355. The van der Waals surface area contributed by atoms with Crippen LogP contribution in [0.1, 0.15) is 25.7 Å². The maximum Gasteiger partial charge on any atom is 0.327 e. The highest BCUT2D eigenvalue weighted by Crippen LogP contribution is 2.29. The number of carbonyl (C=O) groups is 2. The number of carboxylic acid groups (broad SMARTS) is 1. The lowest BCUT2D eigenvalue weighted by molar-refractivity contribution is -0.141. The number of carboxylic acids is 1. The van der Waals surface area contributed by atoms with Crippen molar-refractivity contribution in [3.63, 3.8) is 0 Å². The van der Waals surface area contributed by atoms with Crippen molar-refractivity contribution >= 4 is 23.8 Å². The van der Waals surface area contributed by atoms with E-state index in [2.05, 4.69) is 0 Å². The van der Waals surface area contributed by atoms with E-state index in [1.807, 2.05) is 0 Å². The van der Waals surface area contributed by atoms with E-state index >= 15 is 0 Å². The van der Waals surface area contributed by atoms with Crippen LogP contribution in [-0.4, -0.2) is 68.9 Å². The second kappa shape index (κ2) is 6.47. The van der Waals surface area contributed by atoms with Crippen molar-refractivity contribution in [1.29, 1.82) is 0 Å². The maximum absolute atomic E-state index is 12.5. The SMILES string of the molecule is O=C(O)[C@@H]1CSCN1C(=O)N(CCCO)C1CCC1. The standard InChI is InChI=1S/C12H20N2O4S/c15-6-2-5-13(9-3-1-4-9)12(18)14-8-19-7-10(14)11(16)17/h9-10,15H,1-8H2,(H,16,17)/t10-/m0/s1. The summed E-state index contributed by atoms with van der Waals surface area (Å²) in [6.07, 6.45) is 3.62. The van der Waals surface area contributed by atoms with Crippen molar-refractivity contribution in [2.45, 2.75) is 37.8 Å². The minimum atomic E-state index is -0.936. The summed E-state index contributed by atoms with van der Waals surface area (Å²) in [6, 6.07) is -0.677. The zero-order valence-electron chi connectivity index (χ0n) is 10.8. The van der Waals surface area contributed by atoms with Gasteiger partial charge in [0.25, 0.3) is 0 Å². The van der Waals surface area contributed by atoms with E-state index in [4.69, 9.17) is 10.2 Å². The fourth-order valence-corrected chi connectivity index (χ4v) is 3.51. The van der Waals surface area contributed by atoms with Crippen LogP contribution in [0.3, 0.4) is 0 Å². The van der Waals surface area contributed by atoms with E-state index in [9.17, 15) is 9.59 Å². The fourth-order valence-electron chi connectivity index (χ4n) is 2.37. The molecule has 0 aromatic rings. The summed E-state index contributed by atoms with van der Waals surface area (Å²) in [5, 5.41) is 18.1. The van der Waals surface area contributed by atoms with Crippen molar-refractivity contribution in [3.05, 3.63) is 0 Å². The quantitative estimate of drug-likeness (QED) is 0.782. The lowest BCUT2D eigenvalue weighted by Gasteiger charge is -2.40. The fraction of sp³-hybridized carbons (Fsp3) is 0.833. The lowest BCUT2D eigenvalue weighted by atomic mass is 9.91. The Hall–Kier alpha value is -0.950. The molecule has 0 aromatic carbocycles. The van der Waals surface area contributed by atoms with Gasteiger partial charge in [-0.3, -0.25) is 0 Å². The Morgan fingerprint density at radius 2 is 2.11 bits per heavy atom. The molecule has 1 heterocycles. The molecule has 19 heavy (non-hydrogen) atoms. The highest BCUT2D eigenvalue weighted by atomic mass is 32.2. The lowest BCUT2D eigenvalue weighted by Crippen LogP contribution is -2.54. The molecule has 0 aromatic heterocycles. The van der Waals surface area contributed by atoms with Gasteiger partial charge in [0.1, 0.15) is 6.04 Å². The molecule has 2 amide bonds. The van der Waals surface area contributed by atoms with Gasteiger partial charge in [-0.1, -0.05) is 0 Å². The average molecular weight is 288 g/mol. The predicted octanol–water partition coefficient (Wildman–Crippen LogP) is 0.803. The molecule has 7 heteroatoms. The Kier molecular flexibility index (Phi) is 4.93. The molecular formula is C12H20N2O4S. The van der Waals surface area contributed by atoms with Crippen LogP contribution in [0.4, 0.5) is 4.79 Å². The van der Waals surface area contributed by atoms with Crippen LogP contribution in [-0.2, 0) is 4.79 Å². The number of aliphatic hydroxyl groups is 1. The van der Waals surface area contributed by atoms with Crippen molar-refractivity contribution in [2.75, 3.05) is 24.8 Å². The molecule has 108 valence electrons. The number of amides is 2. The monoisotopic (exact) mass is 288 g/mol. The van der Waals surface area contributed by atoms with Crippen molar-refractivity contribution < 1.29 is 19.8 Å². The first-order valence-electron chi connectivity index (χ1n) is 6.63.